The van der Waals surface area contributed by atoms with Crippen LogP contribution in [0.1, 0.15) is 43.5 Å². The summed E-state index contributed by atoms with van der Waals surface area (Å²) in [4.78, 5) is 0. The van der Waals surface area contributed by atoms with Gasteiger partial charge < -0.3 is 0 Å². The summed E-state index contributed by atoms with van der Waals surface area (Å²) in [6.07, 6.45) is 6.11. The molecule has 1 aliphatic rings. The van der Waals surface area contributed by atoms with Gasteiger partial charge in [-0.1, -0.05) is 6.92 Å². The van der Waals surface area contributed by atoms with Gasteiger partial charge in [0.25, 0.3) is 0 Å². The third-order valence-corrected chi connectivity index (χ3v) is 3.70. The molecule has 0 unspecified atom stereocenters. The van der Waals surface area contributed by atoms with Gasteiger partial charge in [0, 0.05) is 11.9 Å². The summed E-state index contributed by atoms with van der Waals surface area (Å²) in [7, 11) is 0. The van der Waals surface area contributed by atoms with Crippen LogP contribution in [-0.2, 0) is 5.75 Å². The van der Waals surface area contributed by atoms with E-state index in [4.69, 9.17) is 0 Å². The lowest BCUT2D eigenvalue weighted by molar-refractivity contribution is 0.634. The Labute approximate surface area is 90.1 Å². The van der Waals surface area contributed by atoms with E-state index in [1.807, 2.05) is 11.8 Å². The highest BCUT2D eigenvalue weighted by Gasteiger charge is 2.24. The van der Waals surface area contributed by atoms with Crippen LogP contribution in [0.15, 0.2) is 6.20 Å². The van der Waals surface area contributed by atoms with Crippen LogP contribution in [0.3, 0.4) is 0 Å². The van der Waals surface area contributed by atoms with Gasteiger partial charge in [-0.25, -0.2) is 0 Å². The fourth-order valence-electron chi connectivity index (χ4n) is 1.50. The lowest BCUT2D eigenvalue weighted by atomic mass is 10.3. The summed E-state index contributed by atoms with van der Waals surface area (Å²) in [5.74, 6) is 2.33. The number of hydrogen-bond donors (Lipinski definition) is 0. The molecule has 0 radical (unpaired) electrons. The standard InChI is InChI=1S/C11H18N2S/c1-3-6-14-8-11-9(2)7-13(12-11)10-4-5-10/h7,10H,3-6,8H2,1-2H3. The molecule has 1 aliphatic carbocycles. The smallest absolute Gasteiger partial charge is 0.0752 e. The van der Waals surface area contributed by atoms with E-state index in [1.54, 1.807) is 0 Å². The topological polar surface area (TPSA) is 17.8 Å². The summed E-state index contributed by atoms with van der Waals surface area (Å²) in [6, 6.07) is 0.721. The SMILES string of the molecule is CCCSCc1nn(C2CC2)cc1C. The van der Waals surface area contributed by atoms with E-state index in [2.05, 4.69) is 29.8 Å². The monoisotopic (exact) mass is 210 g/mol. The number of nitrogens with zero attached hydrogens (tertiary/aromatic N) is 2. The van der Waals surface area contributed by atoms with Crippen molar-refractivity contribution in [3.05, 3.63) is 17.5 Å². The van der Waals surface area contributed by atoms with Gasteiger partial charge in [0.2, 0.25) is 0 Å². The Morgan fingerprint density at radius 3 is 3.00 bits per heavy atom. The lowest BCUT2D eigenvalue weighted by Gasteiger charge is -1.97. The van der Waals surface area contributed by atoms with Crippen molar-refractivity contribution in [3.8, 4) is 0 Å². The molecule has 0 aliphatic heterocycles. The van der Waals surface area contributed by atoms with E-state index in [9.17, 15) is 0 Å². The molecule has 14 heavy (non-hydrogen) atoms. The Morgan fingerprint density at radius 1 is 1.57 bits per heavy atom. The van der Waals surface area contributed by atoms with Crippen molar-refractivity contribution in [2.45, 2.75) is 44.9 Å². The van der Waals surface area contributed by atoms with Gasteiger partial charge in [-0.3, -0.25) is 4.68 Å². The van der Waals surface area contributed by atoms with Gasteiger partial charge in [0.15, 0.2) is 0 Å². The van der Waals surface area contributed by atoms with E-state index in [0.717, 1.165) is 11.8 Å². The highest BCUT2D eigenvalue weighted by molar-refractivity contribution is 7.98. The van der Waals surface area contributed by atoms with E-state index < -0.39 is 0 Å². The fraction of sp³-hybridized carbons (Fsp3) is 0.727. The molecule has 78 valence electrons. The highest BCUT2D eigenvalue weighted by Crippen LogP contribution is 2.34. The first kappa shape index (κ1) is 10.1. The van der Waals surface area contributed by atoms with Crippen LogP contribution in [0.4, 0.5) is 0 Å². The Bertz CT molecular complexity index is 302. The minimum atomic E-state index is 0.721. The third kappa shape index (κ3) is 2.32. The van der Waals surface area contributed by atoms with Crippen LogP contribution in [0.25, 0.3) is 0 Å². The van der Waals surface area contributed by atoms with Crippen molar-refractivity contribution in [1.29, 1.82) is 0 Å². The summed E-state index contributed by atoms with van der Waals surface area (Å²) in [6.45, 7) is 4.40. The van der Waals surface area contributed by atoms with E-state index in [1.165, 1.54) is 36.3 Å². The zero-order valence-corrected chi connectivity index (χ0v) is 9.81. The lowest BCUT2D eigenvalue weighted by Crippen LogP contribution is -1.95. The molecule has 0 bridgehead atoms. The van der Waals surface area contributed by atoms with Crippen LogP contribution < -0.4 is 0 Å². The van der Waals surface area contributed by atoms with Crippen LogP contribution in [-0.4, -0.2) is 15.5 Å². The number of aromatic nitrogens is 2. The number of thioether (sulfide) groups is 1. The Morgan fingerprint density at radius 2 is 2.36 bits per heavy atom. The van der Waals surface area contributed by atoms with Crippen LogP contribution >= 0.6 is 11.8 Å². The van der Waals surface area contributed by atoms with Crippen LogP contribution in [0.5, 0.6) is 0 Å². The molecule has 1 aromatic rings. The van der Waals surface area contributed by atoms with Crippen molar-refractivity contribution >= 4 is 11.8 Å². The zero-order chi connectivity index (χ0) is 9.97. The van der Waals surface area contributed by atoms with E-state index in [-0.39, 0.29) is 0 Å². The minimum absolute atomic E-state index is 0.721. The molecule has 0 amide bonds. The second-order valence-corrected chi connectivity index (χ2v) is 5.13. The van der Waals surface area contributed by atoms with Crippen molar-refractivity contribution in [2.24, 2.45) is 0 Å². The molecule has 0 aromatic carbocycles. The van der Waals surface area contributed by atoms with Gasteiger partial charge in [-0.15, -0.1) is 0 Å². The van der Waals surface area contributed by atoms with Crippen molar-refractivity contribution in [2.75, 3.05) is 5.75 Å². The van der Waals surface area contributed by atoms with Crippen molar-refractivity contribution in [3.63, 3.8) is 0 Å². The molecule has 0 spiro atoms. The molecule has 2 rings (SSSR count). The maximum Gasteiger partial charge on any atom is 0.0752 e. The average Bonchev–Trinajstić information content (AvgIpc) is 2.94. The Kier molecular flexibility index (Phi) is 3.16. The molecular weight excluding hydrogens is 192 g/mol. The molecule has 3 heteroatoms. The second-order valence-electron chi connectivity index (χ2n) is 4.02. The van der Waals surface area contributed by atoms with Gasteiger partial charge in [0.05, 0.1) is 11.7 Å². The maximum absolute atomic E-state index is 4.64. The van der Waals surface area contributed by atoms with E-state index in [0.29, 0.717) is 0 Å². The Balaban J connectivity index is 1.94. The molecule has 1 fully saturated rings. The first-order valence-electron chi connectivity index (χ1n) is 5.43. The van der Waals surface area contributed by atoms with Crippen molar-refractivity contribution in [1.82, 2.24) is 9.78 Å². The molecule has 1 aromatic heterocycles. The molecule has 0 saturated heterocycles. The summed E-state index contributed by atoms with van der Waals surface area (Å²) in [5, 5.41) is 4.64. The van der Waals surface area contributed by atoms with Crippen LogP contribution in [0.2, 0.25) is 0 Å². The quantitative estimate of drug-likeness (QED) is 0.695. The molecule has 0 atom stereocenters. The molecule has 1 heterocycles. The molecule has 1 saturated carbocycles. The summed E-state index contributed by atoms with van der Waals surface area (Å²) in [5.41, 5.74) is 2.65. The second kappa shape index (κ2) is 4.39. The number of aryl methyl sites for hydroxylation is 1. The molecule has 0 N–H and O–H groups in total. The van der Waals surface area contributed by atoms with E-state index >= 15 is 0 Å². The van der Waals surface area contributed by atoms with Gasteiger partial charge >= 0.3 is 0 Å². The highest BCUT2D eigenvalue weighted by atomic mass is 32.2. The van der Waals surface area contributed by atoms with Crippen molar-refractivity contribution < 1.29 is 0 Å². The predicted octanol–water partition coefficient (Wildman–Crippen LogP) is 3.17. The van der Waals surface area contributed by atoms with Gasteiger partial charge in [-0.05, 0) is 37.5 Å². The molecule has 2 nitrogen and oxygen atoms in total. The summed E-state index contributed by atoms with van der Waals surface area (Å²) < 4.78 is 2.16. The normalized spacial score (nSPS) is 16.1. The zero-order valence-electron chi connectivity index (χ0n) is 8.99. The maximum atomic E-state index is 4.64. The number of hydrogen-bond acceptors (Lipinski definition) is 2. The molecular formula is C11H18N2S. The third-order valence-electron chi connectivity index (χ3n) is 2.53. The number of rotatable bonds is 5. The largest absolute Gasteiger partial charge is 0.269 e. The first-order chi connectivity index (χ1) is 6.81. The van der Waals surface area contributed by atoms with Gasteiger partial charge in [-0.2, -0.15) is 16.9 Å². The minimum Gasteiger partial charge on any atom is -0.269 e. The van der Waals surface area contributed by atoms with Crippen LogP contribution in [0, 0.1) is 6.92 Å². The average molecular weight is 210 g/mol. The Hall–Kier alpha value is -0.440. The fourth-order valence-corrected chi connectivity index (χ4v) is 2.41. The summed E-state index contributed by atoms with van der Waals surface area (Å²) >= 11 is 1.99. The van der Waals surface area contributed by atoms with Gasteiger partial charge in [0.1, 0.15) is 0 Å². The predicted molar refractivity (Wildman–Crippen MR) is 61.7 cm³/mol. The first-order valence-corrected chi connectivity index (χ1v) is 6.59.